The van der Waals surface area contributed by atoms with Crippen LogP contribution in [0.4, 0.5) is 13.2 Å². The third-order valence-corrected chi connectivity index (χ3v) is 3.54. The Bertz CT molecular complexity index is 532. The zero-order chi connectivity index (χ0) is 16.8. The van der Waals surface area contributed by atoms with Gasteiger partial charge in [-0.15, -0.1) is 6.58 Å². The van der Waals surface area contributed by atoms with Gasteiger partial charge in [0.15, 0.2) is 0 Å². The lowest BCUT2D eigenvalue weighted by atomic mass is 10.1. The largest absolute Gasteiger partial charge is 0.496 e. The molecule has 0 saturated carbocycles. The van der Waals surface area contributed by atoms with E-state index in [1.807, 2.05) is 0 Å². The average molecular weight is 380 g/mol. The molecule has 0 heterocycles. The topological polar surface area (TPSA) is 29.5 Å². The van der Waals surface area contributed by atoms with Crippen LogP contribution in [0.3, 0.4) is 0 Å². The number of amides is 1. The molecule has 1 aromatic carbocycles. The number of methoxy groups -OCH3 is 1. The number of aryl methyl sites for hydroxylation is 1. The molecule has 0 saturated heterocycles. The van der Waals surface area contributed by atoms with Gasteiger partial charge in [-0.3, -0.25) is 4.79 Å². The molecule has 0 aromatic heterocycles. The molecule has 1 aromatic rings. The lowest BCUT2D eigenvalue weighted by molar-refractivity contribution is -0.160. The fourth-order valence-corrected chi connectivity index (χ4v) is 2.49. The molecule has 7 heteroatoms. The summed E-state index contributed by atoms with van der Waals surface area (Å²) in [5.74, 6) is 0.101. The molecule has 0 atom stereocenters. The first-order valence-corrected chi connectivity index (χ1v) is 7.34. The molecule has 22 heavy (non-hydrogen) atoms. The van der Waals surface area contributed by atoms with Crippen molar-refractivity contribution in [3.8, 4) is 5.75 Å². The van der Waals surface area contributed by atoms with Gasteiger partial charge in [-0.05, 0) is 40.0 Å². The van der Waals surface area contributed by atoms with Crippen molar-refractivity contribution in [2.45, 2.75) is 19.0 Å². The number of rotatable bonds is 7. The molecule has 0 spiro atoms. The van der Waals surface area contributed by atoms with Crippen LogP contribution in [-0.2, 0) is 11.2 Å². The number of hydrogen-bond donors (Lipinski definition) is 0. The number of nitrogens with zero attached hydrogens (tertiary/aromatic N) is 1. The van der Waals surface area contributed by atoms with Crippen molar-refractivity contribution in [1.29, 1.82) is 0 Å². The highest BCUT2D eigenvalue weighted by Gasteiger charge is 2.32. The smallest absolute Gasteiger partial charge is 0.406 e. The maximum Gasteiger partial charge on any atom is 0.406 e. The van der Waals surface area contributed by atoms with E-state index in [0.29, 0.717) is 12.2 Å². The van der Waals surface area contributed by atoms with Gasteiger partial charge in [-0.2, -0.15) is 13.2 Å². The van der Waals surface area contributed by atoms with Gasteiger partial charge in [0.05, 0.1) is 11.6 Å². The molecule has 122 valence electrons. The minimum atomic E-state index is -4.41. The summed E-state index contributed by atoms with van der Waals surface area (Å²) in [5.41, 5.74) is 0.839. The summed E-state index contributed by atoms with van der Waals surface area (Å²) in [5, 5.41) is 0. The van der Waals surface area contributed by atoms with Crippen LogP contribution in [-0.4, -0.2) is 37.2 Å². The molecular weight excluding hydrogens is 363 g/mol. The van der Waals surface area contributed by atoms with E-state index >= 15 is 0 Å². The maximum absolute atomic E-state index is 12.4. The molecular formula is C15H17BrF3NO2. The van der Waals surface area contributed by atoms with E-state index in [-0.39, 0.29) is 13.0 Å². The standard InChI is InChI=1S/C15H17BrF3NO2/c1-3-8-20(10-15(17,18)19)14(21)7-5-11-4-6-13(22-2)12(16)9-11/h3-4,6,9H,1,5,7-8,10H2,2H3. The van der Waals surface area contributed by atoms with Crippen molar-refractivity contribution in [3.63, 3.8) is 0 Å². The van der Waals surface area contributed by atoms with Crippen LogP contribution in [0.25, 0.3) is 0 Å². The zero-order valence-corrected chi connectivity index (χ0v) is 13.7. The van der Waals surface area contributed by atoms with Gasteiger partial charge in [0.1, 0.15) is 12.3 Å². The Morgan fingerprint density at radius 1 is 1.45 bits per heavy atom. The van der Waals surface area contributed by atoms with E-state index in [1.165, 1.54) is 13.2 Å². The molecule has 3 nitrogen and oxygen atoms in total. The number of halogens is 4. The highest BCUT2D eigenvalue weighted by atomic mass is 79.9. The minimum absolute atomic E-state index is 0.00267. The van der Waals surface area contributed by atoms with E-state index in [4.69, 9.17) is 4.74 Å². The quantitative estimate of drug-likeness (QED) is 0.670. The second kappa shape index (κ2) is 8.22. The van der Waals surface area contributed by atoms with Gasteiger partial charge in [0.2, 0.25) is 5.91 Å². The van der Waals surface area contributed by atoms with Crippen LogP contribution >= 0.6 is 15.9 Å². The predicted molar refractivity (Wildman–Crippen MR) is 81.8 cm³/mol. The molecule has 0 bridgehead atoms. The van der Waals surface area contributed by atoms with Crippen molar-refractivity contribution in [2.75, 3.05) is 20.2 Å². The third-order valence-electron chi connectivity index (χ3n) is 2.92. The SMILES string of the molecule is C=CCN(CC(F)(F)F)C(=O)CCc1ccc(OC)c(Br)c1. The summed E-state index contributed by atoms with van der Waals surface area (Å²) < 4.78 is 43.1. The van der Waals surface area contributed by atoms with Crippen molar-refractivity contribution in [2.24, 2.45) is 0 Å². The van der Waals surface area contributed by atoms with Gasteiger partial charge in [-0.1, -0.05) is 12.1 Å². The Balaban J connectivity index is 2.66. The zero-order valence-electron chi connectivity index (χ0n) is 12.1. The summed E-state index contributed by atoms with van der Waals surface area (Å²) >= 11 is 3.33. The summed E-state index contributed by atoms with van der Waals surface area (Å²) in [4.78, 5) is 12.7. The van der Waals surface area contributed by atoms with E-state index in [0.717, 1.165) is 14.9 Å². The first kappa shape index (κ1) is 18.5. The summed E-state index contributed by atoms with van der Waals surface area (Å²) in [6.07, 6.45) is -2.77. The Morgan fingerprint density at radius 3 is 2.64 bits per heavy atom. The lowest BCUT2D eigenvalue weighted by Gasteiger charge is -2.22. The van der Waals surface area contributed by atoms with Gasteiger partial charge in [-0.25, -0.2) is 0 Å². The van der Waals surface area contributed by atoms with Crippen LogP contribution < -0.4 is 4.74 Å². The van der Waals surface area contributed by atoms with Crippen LogP contribution in [0.2, 0.25) is 0 Å². The van der Waals surface area contributed by atoms with Gasteiger partial charge < -0.3 is 9.64 Å². The fourth-order valence-electron chi connectivity index (χ4n) is 1.90. The number of alkyl halides is 3. The summed E-state index contributed by atoms with van der Waals surface area (Å²) in [6, 6.07) is 5.30. The van der Waals surface area contributed by atoms with Gasteiger partial charge in [0, 0.05) is 13.0 Å². The molecule has 1 amide bonds. The van der Waals surface area contributed by atoms with E-state index in [9.17, 15) is 18.0 Å². The molecule has 0 aliphatic carbocycles. The lowest BCUT2D eigenvalue weighted by Crippen LogP contribution is -2.39. The molecule has 0 radical (unpaired) electrons. The molecule has 0 fully saturated rings. The molecule has 1 rings (SSSR count). The van der Waals surface area contributed by atoms with E-state index in [2.05, 4.69) is 22.5 Å². The summed E-state index contributed by atoms with van der Waals surface area (Å²) in [7, 11) is 1.54. The maximum atomic E-state index is 12.4. The normalized spacial score (nSPS) is 11.1. The van der Waals surface area contributed by atoms with E-state index in [1.54, 1.807) is 18.2 Å². The number of carbonyl (C=O) groups is 1. The minimum Gasteiger partial charge on any atom is -0.496 e. The van der Waals surface area contributed by atoms with Crippen molar-refractivity contribution in [3.05, 3.63) is 40.9 Å². The van der Waals surface area contributed by atoms with Crippen LogP contribution in [0.1, 0.15) is 12.0 Å². The van der Waals surface area contributed by atoms with Crippen LogP contribution in [0, 0.1) is 0 Å². The third kappa shape index (κ3) is 6.09. The number of benzene rings is 1. The number of hydrogen-bond acceptors (Lipinski definition) is 2. The number of carbonyl (C=O) groups excluding carboxylic acids is 1. The Kier molecular flexibility index (Phi) is 6.93. The molecule has 0 unspecified atom stereocenters. The van der Waals surface area contributed by atoms with Crippen molar-refractivity contribution < 1.29 is 22.7 Å². The monoisotopic (exact) mass is 379 g/mol. The van der Waals surface area contributed by atoms with Gasteiger partial charge in [0.25, 0.3) is 0 Å². The second-order valence-electron chi connectivity index (χ2n) is 4.65. The van der Waals surface area contributed by atoms with Gasteiger partial charge >= 0.3 is 6.18 Å². The van der Waals surface area contributed by atoms with E-state index < -0.39 is 18.6 Å². The second-order valence-corrected chi connectivity index (χ2v) is 5.50. The Morgan fingerprint density at radius 2 is 2.14 bits per heavy atom. The summed E-state index contributed by atoms with van der Waals surface area (Å²) in [6.45, 7) is 2.00. The highest BCUT2D eigenvalue weighted by molar-refractivity contribution is 9.10. The average Bonchev–Trinajstić information content (AvgIpc) is 2.43. The van der Waals surface area contributed by atoms with Crippen LogP contribution in [0.15, 0.2) is 35.3 Å². The van der Waals surface area contributed by atoms with Crippen molar-refractivity contribution in [1.82, 2.24) is 4.90 Å². The molecule has 0 aliphatic rings. The van der Waals surface area contributed by atoms with Crippen molar-refractivity contribution >= 4 is 21.8 Å². The Hall–Kier alpha value is -1.50. The number of ether oxygens (including phenoxy) is 1. The predicted octanol–water partition coefficient (Wildman–Crippen LogP) is 3.97. The molecule has 0 N–H and O–H groups in total. The first-order valence-electron chi connectivity index (χ1n) is 6.54. The van der Waals surface area contributed by atoms with Crippen LogP contribution in [0.5, 0.6) is 5.75 Å². The Labute approximate surface area is 135 Å². The highest BCUT2D eigenvalue weighted by Crippen LogP contribution is 2.26. The fraction of sp³-hybridized carbons (Fsp3) is 0.400. The first-order chi connectivity index (χ1) is 10.3. The molecule has 0 aliphatic heterocycles.